The van der Waals surface area contributed by atoms with Gasteiger partial charge in [-0.2, -0.15) is 0 Å². The van der Waals surface area contributed by atoms with Gasteiger partial charge in [0.1, 0.15) is 0 Å². The predicted octanol–water partition coefficient (Wildman–Crippen LogP) is 1.30. The Bertz CT molecular complexity index is 389. The zero-order chi connectivity index (χ0) is 11.5. The van der Waals surface area contributed by atoms with Crippen molar-refractivity contribution in [1.29, 1.82) is 0 Å². The molecule has 3 nitrogen and oxygen atoms in total. The second kappa shape index (κ2) is 4.66. The van der Waals surface area contributed by atoms with Crippen LogP contribution in [0.4, 0.5) is 0 Å². The Hall–Kier alpha value is -1.35. The summed E-state index contributed by atoms with van der Waals surface area (Å²) in [6, 6.07) is 8.20. The molecule has 0 aromatic heterocycles. The number of rotatable bonds is 3. The lowest BCUT2D eigenvalue weighted by Gasteiger charge is -2.17. The molecule has 2 N–H and O–H groups in total. The van der Waals surface area contributed by atoms with Crippen molar-refractivity contribution in [2.45, 2.75) is 19.9 Å². The molecule has 0 aliphatic carbocycles. The van der Waals surface area contributed by atoms with Crippen LogP contribution in [0.15, 0.2) is 24.3 Å². The molecule has 1 aromatic rings. The van der Waals surface area contributed by atoms with Gasteiger partial charge in [-0.05, 0) is 30.5 Å². The number of likely N-dealkylation sites (tertiary alicyclic amines) is 1. The zero-order valence-corrected chi connectivity index (χ0v) is 9.65. The van der Waals surface area contributed by atoms with Crippen LogP contribution in [-0.4, -0.2) is 23.9 Å². The molecule has 1 atom stereocenters. The van der Waals surface area contributed by atoms with Gasteiger partial charge in [0.15, 0.2) is 0 Å². The summed E-state index contributed by atoms with van der Waals surface area (Å²) in [5.74, 6) is 0.579. The van der Waals surface area contributed by atoms with E-state index in [-0.39, 0.29) is 5.91 Å². The van der Waals surface area contributed by atoms with Gasteiger partial charge in [0.25, 0.3) is 0 Å². The molecular formula is C13H18N2O. The molecule has 1 fully saturated rings. The Morgan fingerprint density at radius 3 is 2.81 bits per heavy atom. The Labute approximate surface area is 96.2 Å². The summed E-state index contributed by atoms with van der Waals surface area (Å²) >= 11 is 0. The summed E-state index contributed by atoms with van der Waals surface area (Å²) < 4.78 is 0. The highest BCUT2D eigenvalue weighted by Crippen LogP contribution is 2.20. The average molecular weight is 218 g/mol. The monoisotopic (exact) mass is 218 g/mol. The van der Waals surface area contributed by atoms with E-state index in [0.29, 0.717) is 18.9 Å². The van der Waals surface area contributed by atoms with Crippen LogP contribution in [0.25, 0.3) is 0 Å². The lowest BCUT2D eigenvalue weighted by atomic mass is 10.1. The Balaban J connectivity index is 2.06. The maximum Gasteiger partial charge on any atom is 0.223 e. The van der Waals surface area contributed by atoms with E-state index in [2.05, 4.69) is 19.1 Å². The number of aryl methyl sites for hydroxylation is 1. The minimum atomic E-state index is 0.235. The van der Waals surface area contributed by atoms with Crippen molar-refractivity contribution in [2.24, 2.45) is 11.7 Å². The van der Waals surface area contributed by atoms with Crippen LogP contribution in [0, 0.1) is 12.8 Å². The fourth-order valence-electron chi connectivity index (χ4n) is 2.16. The summed E-state index contributed by atoms with van der Waals surface area (Å²) in [6.07, 6.45) is 0.613. The lowest BCUT2D eigenvalue weighted by Crippen LogP contribution is -2.26. The standard InChI is InChI=1S/C13H18N2O/c1-10-4-2-3-5-12(10)9-15-8-11(7-14)6-13(15)16/h2-5,11H,6-9,14H2,1H3. The first-order valence-electron chi connectivity index (χ1n) is 5.73. The van der Waals surface area contributed by atoms with Gasteiger partial charge in [0, 0.05) is 19.5 Å². The first-order valence-corrected chi connectivity index (χ1v) is 5.73. The molecule has 3 heteroatoms. The van der Waals surface area contributed by atoms with Crippen LogP contribution >= 0.6 is 0 Å². The fraction of sp³-hybridized carbons (Fsp3) is 0.462. The van der Waals surface area contributed by atoms with E-state index in [9.17, 15) is 4.79 Å². The van der Waals surface area contributed by atoms with Crippen molar-refractivity contribution in [3.8, 4) is 0 Å². The molecule has 1 aliphatic heterocycles. The molecule has 0 radical (unpaired) electrons. The summed E-state index contributed by atoms with van der Waals surface area (Å²) in [7, 11) is 0. The van der Waals surface area contributed by atoms with Crippen molar-refractivity contribution >= 4 is 5.91 Å². The summed E-state index contributed by atoms with van der Waals surface area (Å²) in [6.45, 7) is 4.22. The van der Waals surface area contributed by atoms with Gasteiger partial charge in [0.05, 0.1) is 0 Å². The van der Waals surface area contributed by atoms with E-state index in [1.165, 1.54) is 11.1 Å². The molecule has 86 valence electrons. The van der Waals surface area contributed by atoms with Gasteiger partial charge in [-0.3, -0.25) is 4.79 Å². The molecule has 0 bridgehead atoms. The molecule has 1 amide bonds. The number of carbonyl (C=O) groups is 1. The first kappa shape index (κ1) is 11.1. The van der Waals surface area contributed by atoms with Crippen molar-refractivity contribution in [2.75, 3.05) is 13.1 Å². The number of nitrogens with two attached hydrogens (primary N) is 1. The van der Waals surface area contributed by atoms with Crippen LogP contribution in [0.1, 0.15) is 17.5 Å². The number of nitrogens with zero attached hydrogens (tertiary/aromatic N) is 1. The van der Waals surface area contributed by atoms with Crippen LogP contribution in [-0.2, 0) is 11.3 Å². The maximum absolute atomic E-state index is 11.7. The minimum Gasteiger partial charge on any atom is -0.338 e. The van der Waals surface area contributed by atoms with Crippen LogP contribution in [0.5, 0.6) is 0 Å². The number of benzene rings is 1. The van der Waals surface area contributed by atoms with Crippen molar-refractivity contribution < 1.29 is 4.79 Å². The van der Waals surface area contributed by atoms with E-state index >= 15 is 0 Å². The number of hydrogen-bond acceptors (Lipinski definition) is 2. The minimum absolute atomic E-state index is 0.235. The third kappa shape index (κ3) is 2.25. The van der Waals surface area contributed by atoms with E-state index in [4.69, 9.17) is 5.73 Å². The second-order valence-electron chi connectivity index (χ2n) is 4.51. The van der Waals surface area contributed by atoms with Crippen molar-refractivity contribution in [3.05, 3.63) is 35.4 Å². The van der Waals surface area contributed by atoms with Crippen molar-refractivity contribution in [3.63, 3.8) is 0 Å². The van der Waals surface area contributed by atoms with Crippen molar-refractivity contribution in [1.82, 2.24) is 4.90 Å². The topological polar surface area (TPSA) is 46.3 Å². The molecule has 16 heavy (non-hydrogen) atoms. The summed E-state index contributed by atoms with van der Waals surface area (Å²) in [5, 5.41) is 0. The highest BCUT2D eigenvalue weighted by Gasteiger charge is 2.28. The third-order valence-electron chi connectivity index (χ3n) is 3.25. The Morgan fingerprint density at radius 1 is 1.44 bits per heavy atom. The third-order valence-corrected chi connectivity index (χ3v) is 3.25. The van der Waals surface area contributed by atoms with E-state index < -0.39 is 0 Å². The first-order chi connectivity index (χ1) is 7.70. The average Bonchev–Trinajstić information content (AvgIpc) is 2.63. The zero-order valence-electron chi connectivity index (χ0n) is 9.65. The van der Waals surface area contributed by atoms with Gasteiger partial charge in [-0.25, -0.2) is 0 Å². The molecule has 1 saturated heterocycles. The normalized spacial score (nSPS) is 20.5. The van der Waals surface area contributed by atoms with Gasteiger partial charge in [0.2, 0.25) is 5.91 Å². The van der Waals surface area contributed by atoms with E-state index in [1.807, 2.05) is 17.0 Å². The lowest BCUT2D eigenvalue weighted by molar-refractivity contribution is -0.128. The maximum atomic E-state index is 11.7. The highest BCUT2D eigenvalue weighted by molar-refractivity contribution is 5.78. The number of hydrogen-bond donors (Lipinski definition) is 1. The van der Waals surface area contributed by atoms with Gasteiger partial charge in [-0.15, -0.1) is 0 Å². The molecule has 1 aromatic carbocycles. The predicted molar refractivity (Wildman–Crippen MR) is 63.8 cm³/mol. The van der Waals surface area contributed by atoms with Gasteiger partial charge >= 0.3 is 0 Å². The van der Waals surface area contributed by atoms with E-state index in [1.54, 1.807) is 0 Å². The largest absolute Gasteiger partial charge is 0.338 e. The number of carbonyl (C=O) groups excluding carboxylic acids is 1. The summed E-state index contributed by atoms with van der Waals surface area (Å²) in [4.78, 5) is 13.6. The van der Waals surface area contributed by atoms with Crippen LogP contribution < -0.4 is 5.73 Å². The molecule has 2 rings (SSSR count). The Kier molecular flexibility index (Phi) is 3.25. The van der Waals surface area contributed by atoms with Crippen LogP contribution in [0.3, 0.4) is 0 Å². The van der Waals surface area contributed by atoms with E-state index in [0.717, 1.165) is 13.1 Å². The molecule has 1 heterocycles. The quantitative estimate of drug-likeness (QED) is 0.831. The Morgan fingerprint density at radius 2 is 2.19 bits per heavy atom. The van der Waals surface area contributed by atoms with Crippen LogP contribution in [0.2, 0.25) is 0 Å². The number of amides is 1. The molecular weight excluding hydrogens is 200 g/mol. The van der Waals surface area contributed by atoms with Gasteiger partial charge in [-0.1, -0.05) is 24.3 Å². The smallest absolute Gasteiger partial charge is 0.223 e. The molecule has 1 aliphatic rings. The highest BCUT2D eigenvalue weighted by atomic mass is 16.2. The molecule has 0 spiro atoms. The molecule has 1 unspecified atom stereocenters. The fourth-order valence-corrected chi connectivity index (χ4v) is 2.16. The van der Waals surface area contributed by atoms with Gasteiger partial charge < -0.3 is 10.6 Å². The second-order valence-corrected chi connectivity index (χ2v) is 4.51. The molecule has 0 saturated carbocycles. The summed E-state index contributed by atoms with van der Waals surface area (Å²) in [5.41, 5.74) is 8.07. The SMILES string of the molecule is Cc1ccccc1CN1CC(CN)CC1=O.